The van der Waals surface area contributed by atoms with E-state index in [-0.39, 0.29) is 18.1 Å². The molecule has 2 aromatic rings. The summed E-state index contributed by atoms with van der Waals surface area (Å²) in [6, 6.07) is 9.37. The first-order chi connectivity index (χ1) is 14.3. The Hall–Kier alpha value is -2.68. The van der Waals surface area contributed by atoms with Crippen molar-refractivity contribution < 1.29 is 14.4 Å². The van der Waals surface area contributed by atoms with Gasteiger partial charge in [-0.3, -0.25) is 24.3 Å². The number of primary amides is 1. The molecule has 1 aliphatic heterocycles. The first kappa shape index (κ1) is 22.0. The van der Waals surface area contributed by atoms with E-state index in [9.17, 15) is 14.4 Å². The number of aromatic nitrogens is 1. The predicted molar refractivity (Wildman–Crippen MR) is 113 cm³/mol. The van der Waals surface area contributed by atoms with Gasteiger partial charge in [-0.1, -0.05) is 35.3 Å². The van der Waals surface area contributed by atoms with Crippen molar-refractivity contribution in [1.82, 2.24) is 20.1 Å². The quantitative estimate of drug-likeness (QED) is 0.694. The number of nitrogens with one attached hydrogen (secondary N) is 1. The van der Waals surface area contributed by atoms with Crippen molar-refractivity contribution in [1.29, 1.82) is 0 Å². The SMILES string of the molecule is NC(=O)[C@H](c1ccc(Cl)cc1)N1CCN(C(=O)CNC(=O)c2cc(Cl)ccn2)CC1. The molecule has 3 N–H and O–H groups in total. The molecule has 1 atom stereocenters. The van der Waals surface area contributed by atoms with Crippen LogP contribution in [0.2, 0.25) is 10.0 Å². The van der Waals surface area contributed by atoms with Crippen molar-refractivity contribution in [3.63, 3.8) is 0 Å². The zero-order chi connectivity index (χ0) is 21.7. The third kappa shape index (κ3) is 5.47. The molecule has 0 unspecified atom stereocenters. The average Bonchev–Trinajstić information content (AvgIpc) is 2.73. The molecule has 10 heteroatoms. The number of hydrogen-bond donors (Lipinski definition) is 2. The molecule has 1 aromatic carbocycles. The number of halogens is 2. The van der Waals surface area contributed by atoms with Crippen LogP contribution in [0.1, 0.15) is 22.1 Å². The van der Waals surface area contributed by atoms with Crippen LogP contribution in [0.3, 0.4) is 0 Å². The van der Waals surface area contributed by atoms with Gasteiger partial charge in [0.25, 0.3) is 5.91 Å². The lowest BCUT2D eigenvalue weighted by Crippen LogP contribution is -2.53. The fourth-order valence-electron chi connectivity index (χ4n) is 3.32. The van der Waals surface area contributed by atoms with Gasteiger partial charge in [-0.05, 0) is 29.8 Å². The van der Waals surface area contributed by atoms with E-state index in [0.717, 1.165) is 5.56 Å². The molecular formula is C20H21Cl2N5O3. The fourth-order valence-corrected chi connectivity index (χ4v) is 3.60. The molecule has 2 heterocycles. The summed E-state index contributed by atoms with van der Waals surface area (Å²) in [5, 5.41) is 3.52. The largest absolute Gasteiger partial charge is 0.368 e. The maximum Gasteiger partial charge on any atom is 0.270 e. The zero-order valence-corrected chi connectivity index (χ0v) is 17.6. The molecule has 0 bridgehead atoms. The van der Waals surface area contributed by atoms with Crippen LogP contribution in [0.15, 0.2) is 42.6 Å². The average molecular weight is 450 g/mol. The van der Waals surface area contributed by atoms with E-state index >= 15 is 0 Å². The Morgan fingerprint density at radius 1 is 1.03 bits per heavy atom. The summed E-state index contributed by atoms with van der Waals surface area (Å²) in [5.41, 5.74) is 6.53. The molecule has 1 aromatic heterocycles. The maximum absolute atomic E-state index is 12.5. The Morgan fingerprint density at radius 2 is 1.70 bits per heavy atom. The van der Waals surface area contributed by atoms with Crippen molar-refractivity contribution in [2.75, 3.05) is 32.7 Å². The van der Waals surface area contributed by atoms with Gasteiger partial charge in [0.1, 0.15) is 11.7 Å². The minimum absolute atomic E-state index is 0.146. The second-order valence-electron chi connectivity index (χ2n) is 6.82. The Bertz CT molecular complexity index is 930. The van der Waals surface area contributed by atoms with Crippen LogP contribution in [0.4, 0.5) is 0 Å². The number of benzene rings is 1. The number of hydrogen-bond acceptors (Lipinski definition) is 5. The van der Waals surface area contributed by atoms with E-state index in [0.29, 0.717) is 36.2 Å². The molecule has 8 nitrogen and oxygen atoms in total. The highest BCUT2D eigenvalue weighted by atomic mass is 35.5. The van der Waals surface area contributed by atoms with Gasteiger partial charge in [0.2, 0.25) is 11.8 Å². The number of pyridine rings is 1. The van der Waals surface area contributed by atoms with Crippen LogP contribution >= 0.6 is 23.2 Å². The molecule has 3 amide bonds. The normalized spacial score (nSPS) is 15.5. The van der Waals surface area contributed by atoms with Crippen LogP contribution < -0.4 is 11.1 Å². The van der Waals surface area contributed by atoms with Crippen LogP contribution in [-0.2, 0) is 9.59 Å². The number of carbonyl (C=O) groups is 3. The number of piperazine rings is 1. The summed E-state index contributed by atoms with van der Waals surface area (Å²) in [6.07, 6.45) is 1.42. The molecule has 3 rings (SSSR count). The van der Waals surface area contributed by atoms with Gasteiger partial charge in [-0.15, -0.1) is 0 Å². The van der Waals surface area contributed by atoms with Gasteiger partial charge < -0.3 is 16.0 Å². The lowest BCUT2D eigenvalue weighted by atomic mass is 10.0. The summed E-state index contributed by atoms with van der Waals surface area (Å²) in [4.78, 5) is 44.1. The van der Waals surface area contributed by atoms with Crippen molar-refractivity contribution in [3.8, 4) is 0 Å². The fraction of sp³-hybridized carbons (Fsp3) is 0.300. The van der Waals surface area contributed by atoms with E-state index in [1.54, 1.807) is 35.2 Å². The highest BCUT2D eigenvalue weighted by molar-refractivity contribution is 6.31. The lowest BCUT2D eigenvalue weighted by molar-refractivity contribution is -0.133. The van der Waals surface area contributed by atoms with E-state index in [1.165, 1.54) is 12.3 Å². The topological polar surface area (TPSA) is 109 Å². The first-order valence-electron chi connectivity index (χ1n) is 9.31. The smallest absolute Gasteiger partial charge is 0.270 e. The predicted octanol–water partition coefficient (Wildman–Crippen LogP) is 1.49. The van der Waals surface area contributed by atoms with Crippen molar-refractivity contribution in [2.24, 2.45) is 5.73 Å². The first-order valence-corrected chi connectivity index (χ1v) is 10.1. The van der Waals surface area contributed by atoms with E-state index in [1.807, 2.05) is 4.90 Å². The molecule has 1 aliphatic rings. The van der Waals surface area contributed by atoms with E-state index in [2.05, 4.69) is 10.3 Å². The van der Waals surface area contributed by atoms with Gasteiger partial charge in [0, 0.05) is 42.4 Å². The van der Waals surface area contributed by atoms with Gasteiger partial charge in [0.15, 0.2) is 0 Å². The zero-order valence-electron chi connectivity index (χ0n) is 16.1. The molecule has 1 saturated heterocycles. The molecule has 0 saturated carbocycles. The summed E-state index contributed by atoms with van der Waals surface area (Å²) >= 11 is 11.8. The number of amides is 3. The highest BCUT2D eigenvalue weighted by Crippen LogP contribution is 2.23. The molecular weight excluding hydrogens is 429 g/mol. The minimum atomic E-state index is -0.590. The molecule has 0 aliphatic carbocycles. The second-order valence-corrected chi connectivity index (χ2v) is 7.69. The molecule has 158 valence electrons. The summed E-state index contributed by atoms with van der Waals surface area (Å²) in [6.45, 7) is 1.64. The third-order valence-corrected chi connectivity index (χ3v) is 5.33. The molecule has 0 spiro atoms. The number of nitrogens with two attached hydrogens (primary N) is 1. The van der Waals surface area contributed by atoms with Gasteiger partial charge in [-0.25, -0.2) is 0 Å². The van der Waals surface area contributed by atoms with Gasteiger partial charge in [0.05, 0.1) is 6.54 Å². The highest BCUT2D eigenvalue weighted by Gasteiger charge is 2.30. The summed E-state index contributed by atoms with van der Waals surface area (Å²) in [7, 11) is 0. The molecule has 30 heavy (non-hydrogen) atoms. The minimum Gasteiger partial charge on any atom is -0.368 e. The summed E-state index contributed by atoms with van der Waals surface area (Å²) in [5.74, 6) is -1.15. The van der Waals surface area contributed by atoms with Crippen molar-refractivity contribution in [2.45, 2.75) is 6.04 Å². The second kappa shape index (κ2) is 9.88. The monoisotopic (exact) mass is 449 g/mol. The Labute approximate surface area is 183 Å². The van der Waals surface area contributed by atoms with E-state index in [4.69, 9.17) is 28.9 Å². The van der Waals surface area contributed by atoms with Crippen LogP contribution in [0, 0.1) is 0 Å². The number of rotatable bonds is 6. The van der Waals surface area contributed by atoms with Gasteiger partial charge >= 0.3 is 0 Å². The Kier molecular flexibility index (Phi) is 7.25. The third-order valence-electron chi connectivity index (χ3n) is 4.84. The molecule has 0 radical (unpaired) electrons. The van der Waals surface area contributed by atoms with Gasteiger partial charge in [-0.2, -0.15) is 0 Å². The summed E-state index contributed by atoms with van der Waals surface area (Å²) < 4.78 is 0. The Balaban J connectivity index is 1.53. The van der Waals surface area contributed by atoms with Crippen LogP contribution in [0.25, 0.3) is 0 Å². The van der Waals surface area contributed by atoms with Crippen LogP contribution in [-0.4, -0.2) is 65.2 Å². The number of nitrogens with zero attached hydrogens (tertiary/aromatic N) is 3. The molecule has 1 fully saturated rings. The lowest BCUT2D eigenvalue weighted by Gasteiger charge is -2.38. The maximum atomic E-state index is 12.5. The standard InChI is InChI=1S/C20H21Cl2N5O3/c21-14-3-1-13(2-4-14)18(19(23)29)27-9-7-26(8-10-27)17(28)12-25-20(30)16-11-15(22)5-6-24-16/h1-6,11,18H,7-10,12H2,(H2,23,29)(H,25,30)/t18-/m0/s1. The van der Waals surface area contributed by atoms with E-state index < -0.39 is 17.9 Å². The van der Waals surface area contributed by atoms with Crippen molar-refractivity contribution >= 4 is 40.9 Å². The Morgan fingerprint density at radius 3 is 2.30 bits per heavy atom. The van der Waals surface area contributed by atoms with Crippen molar-refractivity contribution in [3.05, 3.63) is 63.9 Å². The number of carbonyl (C=O) groups excluding carboxylic acids is 3. The van der Waals surface area contributed by atoms with Crippen LogP contribution in [0.5, 0.6) is 0 Å².